The van der Waals surface area contributed by atoms with Gasteiger partial charge in [0.25, 0.3) is 0 Å². The Morgan fingerprint density at radius 2 is 2.00 bits per heavy atom. The zero-order valence-electron chi connectivity index (χ0n) is 10.7. The summed E-state index contributed by atoms with van der Waals surface area (Å²) >= 11 is 0. The fourth-order valence-corrected chi connectivity index (χ4v) is 1.75. The summed E-state index contributed by atoms with van der Waals surface area (Å²) in [6, 6.07) is 6.73. The van der Waals surface area contributed by atoms with Gasteiger partial charge in [0.15, 0.2) is 11.5 Å². The van der Waals surface area contributed by atoms with Gasteiger partial charge in [-0.2, -0.15) is 0 Å². The summed E-state index contributed by atoms with van der Waals surface area (Å²) in [6.07, 6.45) is 2.10. The number of ether oxygens (including phenoxy) is 2. The maximum Gasteiger partial charge on any atom is 0.161 e. The number of benzene rings is 1. The topological polar surface area (TPSA) is 30.5 Å². The molecular formula is C14H21NO2. The van der Waals surface area contributed by atoms with Crippen molar-refractivity contribution in [2.75, 3.05) is 13.2 Å². The first-order chi connectivity index (χ1) is 8.29. The second-order valence-electron chi connectivity index (χ2n) is 4.52. The van der Waals surface area contributed by atoms with E-state index in [4.69, 9.17) is 9.47 Å². The molecule has 3 heteroatoms. The largest absolute Gasteiger partial charge is 0.490 e. The smallest absolute Gasteiger partial charge is 0.161 e. The van der Waals surface area contributed by atoms with E-state index in [-0.39, 0.29) is 0 Å². The number of rotatable bonds is 4. The average Bonchev–Trinajstić information content (AvgIpc) is 2.60. The monoisotopic (exact) mass is 235 g/mol. The van der Waals surface area contributed by atoms with Gasteiger partial charge in [0.05, 0.1) is 13.2 Å². The Kier molecular flexibility index (Phi) is 4.26. The molecule has 1 unspecified atom stereocenters. The number of nitrogens with one attached hydrogen (secondary N) is 1. The lowest BCUT2D eigenvalue weighted by atomic mass is 10.2. The van der Waals surface area contributed by atoms with Gasteiger partial charge in [0, 0.05) is 19.0 Å². The third-order valence-electron chi connectivity index (χ3n) is 3.08. The first kappa shape index (κ1) is 12.2. The quantitative estimate of drug-likeness (QED) is 0.870. The van der Waals surface area contributed by atoms with E-state index in [0.717, 1.165) is 44.1 Å². The summed E-state index contributed by atoms with van der Waals surface area (Å²) in [5.74, 6) is 1.75. The molecule has 0 saturated heterocycles. The van der Waals surface area contributed by atoms with Crippen LogP contribution in [-0.2, 0) is 6.54 Å². The molecule has 1 N–H and O–H groups in total. The first-order valence-corrected chi connectivity index (χ1v) is 6.41. The van der Waals surface area contributed by atoms with Gasteiger partial charge in [-0.05, 0) is 31.0 Å². The van der Waals surface area contributed by atoms with Crippen LogP contribution in [0, 0.1) is 0 Å². The van der Waals surface area contributed by atoms with E-state index in [1.807, 2.05) is 6.07 Å². The minimum Gasteiger partial charge on any atom is -0.490 e. The van der Waals surface area contributed by atoms with Crippen LogP contribution in [0.2, 0.25) is 0 Å². The van der Waals surface area contributed by atoms with Crippen LogP contribution in [0.3, 0.4) is 0 Å². The molecule has 0 fully saturated rings. The van der Waals surface area contributed by atoms with Gasteiger partial charge in [-0.25, -0.2) is 0 Å². The van der Waals surface area contributed by atoms with Crippen LogP contribution in [0.25, 0.3) is 0 Å². The predicted octanol–water partition coefficient (Wildman–Crippen LogP) is 2.74. The highest BCUT2D eigenvalue weighted by Gasteiger charge is 2.10. The van der Waals surface area contributed by atoms with Crippen molar-refractivity contribution < 1.29 is 9.47 Å². The van der Waals surface area contributed by atoms with E-state index in [1.165, 1.54) is 5.56 Å². The van der Waals surface area contributed by atoms with Gasteiger partial charge in [-0.3, -0.25) is 0 Å². The molecule has 1 aromatic carbocycles. The summed E-state index contributed by atoms with van der Waals surface area (Å²) in [4.78, 5) is 0. The van der Waals surface area contributed by atoms with Gasteiger partial charge < -0.3 is 14.8 Å². The molecule has 1 atom stereocenters. The van der Waals surface area contributed by atoms with Crippen LogP contribution in [0.15, 0.2) is 18.2 Å². The highest BCUT2D eigenvalue weighted by Crippen LogP contribution is 2.30. The van der Waals surface area contributed by atoms with E-state index in [0.29, 0.717) is 6.04 Å². The third-order valence-corrected chi connectivity index (χ3v) is 3.08. The van der Waals surface area contributed by atoms with Gasteiger partial charge in [0.2, 0.25) is 0 Å². The summed E-state index contributed by atoms with van der Waals surface area (Å²) in [7, 11) is 0. The molecule has 1 heterocycles. The Labute approximate surface area is 103 Å². The molecule has 3 nitrogen and oxygen atoms in total. The Morgan fingerprint density at radius 3 is 2.76 bits per heavy atom. The summed E-state index contributed by atoms with van der Waals surface area (Å²) in [5, 5.41) is 3.47. The molecule has 17 heavy (non-hydrogen) atoms. The summed E-state index contributed by atoms with van der Waals surface area (Å²) < 4.78 is 11.3. The molecule has 0 amide bonds. The van der Waals surface area contributed by atoms with Crippen molar-refractivity contribution in [3.63, 3.8) is 0 Å². The van der Waals surface area contributed by atoms with Crippen LogP contribution in [-0.4, -0.2) is 19.3 Å². The average molecular weight is 235 g/mol. The van der Waals surface area contributed by atoms with Crippen LogP contribution >= 0.6 is 0 Å². The molecular weight excluding hydrogens is 214 g/mol. The lowest BCUT2D eigenvalue weighted by Gasteiger charge is -2.13. The minimum atomic E-state index is 0.547. The Balaban J connectivity index is 2.02. The molecule has 0 radical (unpaired) electrons. The maximum atomic E-state index is 5.67. The van der Waals surface area contributed by atoms with E-state index in [2.05, 4.69) is 31.3 Å². The van der Waals surface area contributed by atoms with Crippen LogP contribution in [0.1, 0.15) is 32.3 Å². The zero-order valence-corrected chi connectivity index (χ0v) is 10.7. The predicted molar refractivity (Wildman–Crippen MR) is 68.6 cm³/mol. The van der Waals surface area contributed by atoms with Crippen molar-refractivity contribution in [3.8, 4) is 11.5 Å². The number of hydrogen-bond acceptors (Lipinski definition) is 3. The number of fused-ring (bicyclic) bond motifs is 1. The third kappa shape index (κ3) is 3.37. The molecule has 0 spiro atoms. The highest BCUT2D eigenvalue weighted by molar-refractivity contribution is 5.43. The van der Waals surface area contributed by atoms with Crippen LogP contribution < -0.4 is 14.8 Å². The molecule has 0 aliphatic carbocycles. The summed E-state index contributed by atoms with van der Waals surface area (Å²) in [6.45, 7) is 6.76. The SMILES string of the molecule is CCC(C)NCc1ccc2c(c1)OCCCO2. The van der Waals surface area contributed by atoms with Crippen molar-refractivity contribution in [1.29, 1.82) is 0 Å². The fraction of sp³-hybridized carbons (Fsp3) is 0.571. The Hall–Kier alpha value is -1.22. The summed E-state index contributed by atoms with van der Waals surface area (Å²) in [5.41, 5.74) is 1.24. The minimum absolute atomic E-state index is 0.547. The van der Waals surface area contributed by atoms with E-state index >= 15 is 0 Å². The molecule has 1 aliphatic rings. The van der Waals surface area contributed by atoms with Crippen molar-refractivity contribution in [3.05, 3.63) is 23.8 Å². The Bertz CT molecular complexity index is 365. The lowest BCUT2D eigenvalue weighted by Crippen LogP contribution is -2.24. The highest BCUT2D eigenvalue weighted by atomic mass is 16.5. The van der Waals surface area contributed by atoms with Crippen molar-refractivity contribution in [2.24, 2.45) is 0 Å². The van der Waals surface area contributed by atoms with Crippen molar-refractivity contribution in [1.82, 2.24) is 5.32 Å². The standard InChI is InChI=1S/C14H21NO2/c1-3-11(2)15-10-12-5-6-13-14(9-12)17-8-4-7-16-13/h5-6,9,11,15H,3-4,7-8,10H2,1-2H3. The van der Waals surface area contributed by atoms with E-state index in [1.54, 1.807) is 0 Å². The fourth-order valence-electron chi connectivity index (χ4n) is 1.75. The van der Waals surface area contributed by atoms with Gasteiger partial charge in [-0.15, -0.1) is 0 Å². The second-order valence-corrected chi connectivity index (χ2v) is 4.52. The number of hydrogen-bond donors (Lipinski definition) is 1. The molecule has 0 saturated carbocycles. The molecule has 0 aromatic heterocycles. The van der Waals surface area contributed by atoms with Crippen LogP contribution in [0.5, 0.6) is 11.5 Å². The second kappa shape index (κ2) is 5.92. The van der Waals surface area contributed by atoms with Crippen LogP contribution in [0.4, 0.5) is 0 Å². The lowest BCUT2D eigenvalue weighted by molar-refractivity contribution is 0.297. The molecule has 1 aliphatic heterocycles. The van der Waals surface area contributed by atoms with Crippen molar-refractivity contribution in [2.45, 2.75) is 39.3 Å². The zero-order chi connectivity index (χ0) is 12.1. The normalized spacial score (nSPS) is 16.4. The van der Waals surface area contributed by atoms with Crippen molar-refractivity contribution >= 4 is 0 Å². The molecule has 0 bridgehead atoms. The maximum absolute atomic E-state index is 5.67. The van der Waals surface area contributed by atoms with Gasteiger partial charge in [0.1, 0.15) is 0 Å². The molecule has 94 valence electrons. The Morgan fingerprint density at radius 1 is 1.24 bits per heavy atom. The van der Waals surface area contributed by atoms with E-state index in [9.17, 15) is 0 Å². The molecule has 2 rings (SSSR count). The first-order valence-electron chi connectivity index (χ1n) is 6.41. The molecule has 1 aromatic rings. The van der Waals surface area contributed by atoms with Gasteiger partial charge >= 0.3 is 0 Å². The van der Waals surface area contributed by atoms with Gasteiger partial charge in [-0.1, -0.05) is 13.0 Å². The van der Waals surface area contributed by atoms with E-state index < -0.39 is 0 Å².